The van der Waals surface area contributed by atoms with Gasteiger partial charge in [-0.2, -0.15) is 0 Å². The Bertz CT molecular complexity index is 2130. The Hall–Kier alpha value is -4.95. The van der Waals surface area contributed by atoms with Crippen molar-refractivity contribution in [2.75, 3.05) is 0 Å². The number of allylic oxidation sites excluding steroid dienone is 8. The molecule has 0 unspecified atom stereocenters. The molecule has 1 heterocycles. The first-order valence-electron chi connectivity index (χ1n) is 15.0. The van der Waals surface area contributed by atoms with Crippen LogP contribution in [0.5, 0.6) is 0 Å². The molecule has 0 amide bonds. The Morgan fingerprint density at radius 1 is 0.667 bits per heavy atom. The van der Waals surface area contributed by atoms with Crippen LogP contribution in [0.2, 0.25) is 0 Å². The van der Waals surface area contributed by atoms with Crippen molar-refractivity contribution in [2.45, 2.75) is 32.6 Å². The fourth-order valence-electron chi connectivity index (χ4n) is 6.86. The monoisotopic (exact) mass is 540 g/mol. The summed E-state index contributed by atoms with van der Waals surface area (Å²) in [5, 5.41) is 5.28. The lowest BCUT2D eigenvalue weighted by molar-refractivity contribution is 0.949. The predicted molar refractivity (Wildman–Crippen MR) is 179 cm³/mol. The maximum atomic E-state index is 5.10. The topological polar surface area (TPSA) is 17.8 Å². The molecule has 2 aliphatic rings. The molecule has 0 aliphatic heterocycles. The molecule has 202 valence electrons. The van der Waals surface area contributed by atoms with E-state index in [1.807, 2.05) is 0 Å². The molecule has 5 aromatic carbocycles. The molecule has 0 saturated heterocycles. The van der Waals surface area contributed by atoms with Gasteiger partial charge in [-0.15, -0.1) is 0 Å². The Kier molecular flexibility index (Phi) is 6.00. The Balaban J connectivity index is 1.34. The van der Waals surface area contributed by atoms with E-state index in [0.717, 1.165) is 37.0 Å². The molecule has 0 atom stereocenters. The van der Waals surface area contributed by atoms with E-state index in [1.54, 1.807) is 0 Å². The van der Waals surface area contributed by atoms with Gasteiger partial charge in [-0.25, -0.2) is 4.98 Å². The summed E-state index contributed by atoms with van der Waals surface area (Å²) in [7, 11) is 0. The smallest absolute Gasteiger partial charge is 0.145 e. The lowest BCUT2D eigenvalue weighted by atomic mass is 9.83. The molecule has 0 saturated carbocycles. The van der Waals surface area contributed by atoms with Gasteiger partial charge in [0.05, 0.1) is 11.0 Å². The summed E-state index contributed by atoms with van der Waals surface area (Å²) in [6.07, 6.45) is 15.6. The Morgan fingerprint density at radius 3 is 2.21 bits per heavy atom. The third-order valence-electron chi connectivity index (χ3n) is 8.79. The average Bonchev–Trinajstić information content (AvgIpc) is 3.44. The molecule has 0 bridgehead atoms. The molecule has 2 aliphatic carbocycles. The lowest BCUT2D eigenvalue weighted by Crippen LogP contribution is -2.06. The van der Waals surface area contributed by atoms with E-state index >= 15 is 0 Å². The van der Waals surface area contributed by atoms with Crippen molar-refractivity contribution in [3.8, 4) is 11.1 Å². The molecule has 1 aromatic heterocycles. The number of hydrogen-bond acceptors (Lipinski definition) is 1. The molecule has 0 N–H and O–H groups in total. The van der Waals surface area contributed by atoms with Crippen molar-refractivity contribution in [3.05, 3.63) is 144 Å². The van der Waals surface area contributed by atoms with Gasteiger partial charge in [0, 0.05) is 11.3 Å². The number of rotatable bonds is 4. The van der Waals surface area contributed by atoms with Crippen LogP contribution in [0.25, 0.3) is 60.5 Å². The molecular weight excluding hydrogens is 508 g/mol. The number of imidazole rings is 1. The van der Waals surface area contributed by atoms with Crippen molar-refractivity contribution < 1.29 is 0 Å². The van der Waals surface area contributed by atoms with E-state index in [2.05, 4.69) is 139 Å². The molecule has 2 heteroatoms. The van der Waals surface area contributed by atoms with Crippen molar-refractivity contribution in [1.82, 2.24) is 9.55 Å². The SMILES string of the molecule is Cc1ccc2c(-c3ccccc3)c3ccccc3c(C3=CC=C(n4c(C5=CCCC=C5)nc5ccccc54)CC3)c2c1. The van der Waals surface area contributed by atoms with Gasteiger partial charge in [0.1, 0.15) is 5.82 Å². The van der Waals surface area contributed by atoms with Gasteiger partial charge in [-0.1, -0.05) is 115 Å². The maximum Gasteiger partial charge on any atom is 0.145 e. The zero-order valence-corrected chi connectivity index (χ0v) is 23.8. The number of hydrogen-bond donors (Lipinski definition) is 0. The largest absolute Gasteiger partial charge is 0.296 e. The van der Waals surface area contributed by atoms with Gasteiger partial charge in [-0.3, -0.25) is 4.57 Å². The third kappa shape index (κ3) is 4.06. The second-order valence-corrected chi connectivity index (χ2v) is 11.5. The van der Waals surface area contributed by atoms with Crippen molar-refractivity contribution in [2.24, 2.45) is 0 Å². The van der Waals surface area contributed by atoms with Gasteiger partial charge in [0.2, 0.25) is 0 Å². The van der Waals surface area contributed by atoms with E-state index in [-0.39, 0.29) is 0 Å². The molecule has 0 spiro atoms. The first-order chi connectivity index (χ1) is 20.8. The number of nitrogens with zero attached hydrogens (tertiary/aromatic N) is 2. The van der Waals surface area contributed by atoms with Crippen molar-refractivity contribution in [3.63, 3.8) is 0 Å². The van der Waals surface area contributed by atoms with Gasteiger partial charge in [0.25, 0.3) is 0 Å². The first-order valence-corrected chi connectivity index (χ1v) is 15.0. The van der Waals surface area contributed by atoms with Crippen LogP contribution in [-0.2, 0) is 0 Å². The molecule has 0 fully saturated rings. The number of para-hydroxylation sites is 2. The second-order valence-electron chi connectivity index (χ2n) is 11.5. The number of fused-ring (bicyclic) bond motifs is 3. The Labute approximate surface area is 246 Å². The number of aryl methyl sites for hydroxylation is 1. The standard InChI is InChI=1S/C40H32N2/c1-27-20-25-34-35(26-27)39(33-17-9-8-16-32(33)38(34)28-12-4-2-5-13-28)29-21-23-31(24-22-29)42-37-19-11-10-18-36(37)41-40(42)30-14-6-3-7-15-30/h2,4-6,8-21,23,25-26H,3,7,22,24H2,1H3. The highest BCUT2D eigenvalue weighted by molar-refractivity contribution is 6.19. The average molecular weight is 541 g/mol. The van der Waals surface area contributed by atoms with Crippen LogP contribution >= 0.6 is 0 Å². The van der Waals surface area contributed by atoms with Crippen LogP contribution < -0.4 is 0 Å². The second kappa shape index (κ2) is 10.2. The van der Waals surface area contributed by atoms with Crippen molar-refractivity contribution >= 4 is 49.4 Å². The third-order valence-corrected chi connectivity index (χ3v) is 8.79. The first kappa shape index (κ1) is 24.8. The summed E-state index contributed by atoms with van der Waals surface area (Å²) in [5.74, 6) is 1.05. The summed E-state index contributed by atoms with van der Waals surface area (Å²) in [4.78, 5) is 5.10. The van der Waals surface area contributed by atoms with Crippen LogP contribution in [0.3, 0.4) is 0 Å². The van der Waals surface area contributed by atoms with Gasteiger partial charge >= 0.3 is 0 Å². The molecular formula is C40H32N2. The number of benzene rings is 5. The van der Waals surface area contributed by atoms with Crippen molar-refractivity contribution in [1.29, 1.82) is 0 Å². The van der Waals surface area contributed by atoms with Gasteiger partial charge in [0.15, 0.2) is 0 Å². The lowest BCUT2D eigenvalue weighted by Gasteiger charge is -2.23. The molecule has 42 heavy (non-hydrogen) atoms. The minimum atomic E-state index is 0.957. The van der Waals surface area contributed by atoms with E-state index in [0.29, 0.717) is 0 Å². The minimum Gasteiger partial charge on any atom is -0.296 e. The fourth-order valence-corrected chi connectivity index (χ4v) is 6.86. The van der Waals surface area contributed by atoms with E-state index in [9.17, 15) is 0 Å². The zero-order chi connectivity index (χ0) is 28.0. The van der Waals surface area contributed by atoms with Gasteiger partial charge < -0.3 is 0 Å². The molecule has 0 radical (unpaired) electrons. The van der Waals surface area contributed by atoms with E-state index < -0.39 is 0 Å². The van der Waals surface area contributed by atoms with Gasteiger partial charge in [-0.05, 0) is 94.6 Å². The molecule has 6 aromatic rings. The number of aromatic nitrogens is 2. The van der Waals surface area contributed by atoms with Crippen LogP contribution in [0.15, 0.2) is 127 Å². The summed E-state index contributed by atoms with van der Waals surface area (Å²) < 4.78 is 2.39. The molecule has 8 rings (SSSR count). The van der Waals surface area contributed by atoms with Crippen LogP contribution in [0.4, 0.5) is 0 Å². The summed E-state index contributed by atoms with van der Waals surface area (Å²) in [6, 6.07) is 35.3. The minimum absolute atomic E-state index is 0.957. The maximum absolute atomic E-state index is 5.10. The van der Waals surface area contributed by atoms with Crippen LogP contribution in [-0.4, -0.2) is 9.55 Å². The highest BCUT2D eigenvalue weighted by atomic mass is 15.1. The highest BCUT2D eigenvalue weighted by Gasteiger charge is 2.22. The van der Waals surface area contributed by atoms with Crippen LogP contribution in [0.1, 0.15) is 42.6 Å². The highest BCUT2D eigenvalue weighted by Crippen LogP contribution is 2.44. The predicted octanol–water partition coefficient (Wildman–Crippen LogP) is 10.8. The molecule has 2 nitrogen and oxygen atoms in total. The van der Waals surface area contributed by atoms with Crippen LogP contribution in [0, 0.1) is 6.92 Å². The fraction of sp³-hybridized carbons (Fsp3) is 0.125. The zero-order valence-electron chi connectivity index (χ0n) is 23.8. The van der Waals surface area contributed by atoms with E-state index in [1.165, 1.54) is 66.2 Å². The normalized spacial score (nSPS) is 15.2. The summed E-state index contributed by atoms with van der Waals surface area (Å²) in [5.41, 5.74) is 11.4. The van der Waals surface area contributed by atoms with E-state index in [4.69, 9.17) is 4.98 Å². The Morgan fingerprint density at radius 2 is 1.43 bits per heavy atom. The summed E-state index contributed by atoms with van der Waals surface area (Å²) in [6.45, 7) is 2.20. The summed E-state index contributed by atoms with van der Waals surface area (Å²) >= 11 is 0. The quantitative estimate of drug-likeness (QED) is 0.203.